The highest BCUT2D eigenvalue weighted by Gasteiger charge is 2.26. The van der Waals surface area contributed by atoms with E-state index in [1.807, 2.05) is 0 Å². The van der Waals surface area contributed by atoms with Crippen LogP contribution in [0, 0.1) is 11.6 Å². The van der Waals surface area contributed by atoms with Crippen LogP contribution in [0.1, 0.15) is 19.5 Å². The fourth-order valence-corrected chi connectivity index (χ4v) is 2.96. The second-order valence-corrected chi connectivity index (χ2v) is 6.81. The molecule has 0 amide bonds. The van der Waals surface area contributed by atoms with Gasteiger partial charge in [0.05, 0.1) is 24.1 Å². The molecular formula is C19H20F2N4O3. The van der Waals surface area contributed by atoms with Crippen molar-refractivity contribution in [3.63, 3.8) is 0 Å². The lowest BCUT2D eigenvalue weighted by molar-refractivity contribution is 0.0738. The molecule has 3 aromatic rings. The first-order valence-electron chi connectivity index (χ1n) is 8.37. The van der Waals surface area contributed by atoms with E-state index in [9.17, 15) is 18.7 Å². The van der Waals surface area contributed by atoms with E-state index in [4.69, 9.17) is 10.5 Å². The Kier molecular flexibility index (Phi) is 4.72. The van der Waals surface area contributed by atoms with E-state index in [2.05, 4.69) is 4.98 Å². The summed E-state index contributed by atoms with van der Waals surface area (Å²) in [6.45, 7) is 3.10. The summed E-state index contributed by atoms with van der Waals surface area (Å²) < 4.78 is 36.3. The van der Waals surface area contributed by atoms with Crippen LogP contribution >= 0.6 is 0 Å². The summed E-state index contributed by atoms with van der Waals surface area (Å²) in [4.78, 5) is 17.0. The molecule has 0 bridgehead atoms. The van der Waals surface area contributed by atoms with Crippen LogP contribution in [-0.2, 0) is 12.6 Å². The smallest absolute Gasteiger partial charge is 0.296 e. The Bertz CT molecular complexity index is 1090. The number of pyridine rings is 1. The van der Waals surface area contributed by atoms with Gasteiger partial charge >= 0.3 is 0 Å². The van der Waals surface area contributed by atoms with Crippen LogP contribution in [0.5, 0.6) is 5.75 Å². The molecule has 0 radical (unpaired) electrons. The van der Waals surface area contributed by atoms with Crippen molar-refractivity contribution in [1.82, 2.24) is 14.3 Å². The van der Waals surface area contributed by atoms with Gasteiger partial charge in [-0.2, -0.15) is 4.68 Å². The van der Waals surface area contributed by atoms with Gasteiger partial charge in [-0.25, -0.2) is 13.8 Å². The van der Waals surface area contributed by atoms with E-state index < -0.39 is 28.4 Å². The number of halogens is 2. The molecule has 0 aliphatic carbocycles. The number of aliphatic hydroxyl groups is 1. The third kappa shape index (κ3) is 3.13. The van der Waals surface area contributed by atoms with E-state index >= 15 is 0 Å². The molecule has 0 saturated heterocycles. The van der Waals surface area contributed by atoms with Crippen LogP contribution in [0.4, 0.5) is 14.5 Å². The second-order valence-electron chi connectivity index (χ2n) is 6.81. The molecule has 0 aliphatic heterocycles. The van der Waals surface area contributed by atoms with Crippen molar-refractivity contribution in [2.24, 2.45) is 7.05 Å². The average Bonchev–Trinajstić information content (AvgIpc) is 2.84. The first kappa shape index (κ1) is 19.6. The van der Waals surface area contributed by atoms with Crippen LogP contribution in [0.3, 0.4) is 0 Å². The SMILES string of the molecule is COc1cc(F)c(-c2c(N)c(=O)n(-c3cccc(C(C)(C)O)n3)n2C)c(F)c1. The zero-order chi connectivity index (χ0) is 20.8. The van der Waals surface area contributed by atoms with Gasteiger partial charge in [-0.15, -0.1) is 0 Å². The third-order valence-corrected chi connectivity index (χ3v) is 4.37. The molecule has 0 spiro atoms. The molecule has 3 rings (SSSR count). The van der Waals surface area contributed by atoms with E-state index in [0.717, 1.165) is 16.8 Å². The molecule has 2 aromatic heterocycles. The zero-order valence-electron chi connectivity index (χ0n) is 15.8. The van der Waals surface area contributed by atoms with Gasteiger partial charge in [0.1, 0.15) is 28.7 Å². The summed E-state index contributed by atoms with van der Waals surface area (Å²) in [6, 6.07) is 6.75. The Morgan fingerprint density at radius 1 is 1.21 bits per heavy atom. The maximum absolute atomic E-state index is 14.6. The lowest BCUT2D eigenvalue weighted by Crippen LogP contribution is -2.24. The second kappa shape index (κ2) is 6.75. The van der Waals surface area contributed by atoms with Gasteiger partial charge in [0.2, 0.25) is 0 Å². The number of hydrogen-bond donors (Lipinski definition) is 2. The summed E-state index contributed by atoms with van der Waals surface area (Å²) >= 11 is 0. The molecule has 0 aliphatic rings. The third-order valence-electron chi connectivity index (χ3n) is 4.37. The maximum Gasteiger partial charge on any atom is 0.296 e. The number of methoxy groups -OCH3 is 1. The van der Waals surface area contributed by atoms with Gasteiger partial charge < -0.3 is 15.6 Å². The minimum Gasteiger partial charge on any atom is -0.497 e. The Morgan fingerprint density at radius 3 is 2.36 bits per heavy atom. The van der Waals surface area contributed by atoms with Gasteiger partial charge in [-0.1, -0.05) is 6.07 Å². The minimum absolute atomic E-state index is 0.00120. The highest BCUT2D eigenvalue weighted by Crippen LogP contribution is 2.32. The van der Waals surface area contributed by atoms with Crippen molar-refractivity contribution >= 4 is 5.69 Å². The molecule has 7 nitrogen and oxygen atoms in total. The van der Waals surface area contributed by atoms with E-state index in [-0.39, 0.29) is 22.9 Å². The lowest BCUT2D eigenvalue weighted by atomic mass is 10.1. The topological polar surface area (TPSA) is 95.3 Å². The number of nitrogens with two attached hydrogens (primary N) is 1. The van der Waals surface area contributed by atoms with Crippen LogP contribution < -0.4 is 16.0 Å². The first-order valence-corrected chi connectivity index (χ1v) is 8.37. The highest BCUT2D eigenvalue weighted by atomic mass is 19.1. The zero-order valence-corrected chi connectivity index (χ0v) is 15.8. The van der Waals surface area contributed by atoms with Crippen LogP contribution in [0.25, 0.3) is 17.1 Å². The normalized spacial score (nSPS) is 11.7. The lowest BCUT2D eigenvalue weighted by Gasteiger charge is -2.18. The molecule has 148 valence electrons. The van der Waals surface area contributed by atoms with Crippen molar-refractivity contribution in [3.05, 3.63) is 58.0 Å². The molecule has 28 heavy (non-hydrogen) atoms. The number of ether oxygens (including phenoxy) is 1. The Morgan fingerprint density at radius 2 is 1.82 bits per heavy atom. The van der Waals surface area contributed by atoms with Gasteiger partial charge in [-0.05, 0) is 26.0 Å². The minimum atomic E-state index is -1.24. The maximum atomic E-state index is 14.6. The molecule has 0 atom stereocenters. The first-order chi connectivity index (χ1) is 13.1. The van der Waals surface area contributed by atoms with Crippen molar-refractivity contribution in [1.29, 1.82) is 0 Å². The fourth-order valence-electron chi connectivity index (χ4n) is 2.96. The molecular weight excluding hydrogens is 370 g/mol. The van der Waals surface area contributed by atoms with Crippen LogP contribution in [0.15, 0.2) is 35.1 Å². The number of aromatic nitrogens is 3. The number of rotatable bonds is 4. The van der Waals surface area contributed by atoms with E-state index in [0.29, 0.717) is 5.69 Å². The van der Waals surface area contributed by atoms with E-state index in [1.54, 1.807) is 26.0 Å². The molecule has 2 heterocycles. The van der Waals surface area contributed by atoms with Crippen molar-refractivity contribution in [2.45, 2.75) is 19.4 Å². The number of anilines is 1. The van der Waals surface area contributed by atoms with Crippen LogP contribution in [0.2, 0.25) is 0 Å². The number of nitrogens with zero attached hydrogens (tertiary/aromatic N) is 3. The Hall–Kier alpha value is -3.20. The summed E-state index contributed by atoms with van der Waals surface area (Å²) in [7, 11) is 2.73. The van der Waals surface area contributed by atoms with Gasteiger partial charge in [0, 0.05) is 19.2 Å². The Balaban J connectivity index is 2.27. The van der Waals surface area contributed by atoms with Crippen molar-refractivity contribution in [2.75, 3.05) is 12.8 Å². The van der Waals surface area contributed by atoms with Gasteiger partial charge in [0.25, 0.3) is 5.56 Å². The quantitative estimate of drug-likeness (QED) is 0.713. The van der Waals surface area contributed by atoms with E-state index in [1.165, 1.54) is 24.9 Å². The van der Waals surface area contributed by atoms with Crippen molar-refractivity contribution < 1.29 is 18.6 Å². The average molecular weight is 390 g/mol. The molecule has 0 fully saturated rings. The molecule has 0 saturated carbocycles. The summed E-state index contributed by atoms with van der Waals surface area (Å²) in [5.41, 5.74) is 3.39. The largest absolute Gasteiger partial charge is 0.497 e. The number of benzene rings is 1. The predicted molar refractivity (Wildman–Crippen MR) is 100 cm³/mol. The number of nitrogen functional groups attached to an aromatic ring is 1. The highest BCUT2D eigenvalue weighted by molar-refractivity contribution is 5.74. The standard InChI is InChI=1S/C19H20F2N4O3/c1-19(2,27)13-6-5-7-14(23-13)25-18(26)16(22)17(24(25)3)15-11(20)8-10(28-4)9-12(15)21/h5-9,27H,22H2,1-4H3. The van der Waals surface area contributed by atoms with Crippen molar-refractivity contribution in [3.8, 4) is 22.8 Å². The fraction of sp³-hybridized carbons (Fsp3) is 0.263. The molecule has 3 N–H and O–H groups in total. The van der Waals surface area contributed by atoms with Gasteiger partial charge in [0.15, 0.2) is 5.82 Å². The summed E-state index contributed by atoms with van der Waals surface area (Å²) in [5, 5.41) is 10.2. The Labute approximate surface area is 159 Å². The molecule has 9 heteroatoms. The predicted octanol–water partition coefficient (Wildman–Crippen LogP) is 2.33. The van der Waals surface area contributed by atoms with Gasteiger partial charge in [-0.3, -0.25) is 9.48 Å². The summed E-state index contributed by atoms with van der Waals surface area (Å²) in [6.07, 6.45) is 0. The molecule has 1 aromatic carbocycles. The monoisotopic (exact) mass is 390 g/mol. The van der Waals surface area contributed by atoms with Crippen LogP contribution in [-0.4, -0.2) is 26.6 Å². The summed E-state index contributed by atoms with van der Waals surface area (Å²) in [5.74, 6) is -1.69. The molecule has 0 unspecified atom stereocenters. The number of hydrogen-bond acceptors (Lipinski definition) is 5.